The van der Waals surface area contributed by atoms with Crippen molar-refractivity contribution in [3.63, 3.8) is 0 Å². The fourth-order valence-electron chi connectivity index (χ4n) is 2.96. The lowest BCUT2D eigenvalue weighted by Crippen LogP contribution is -2.34. The highest BCUT2D eigenvalue weighted by Gasteiger charge is 2.17. The van der Waals surface area contributed by atoms with Gasteiger partial charge in [0.25, 0.3) is 5.91 Å². The number of benzene rings is 2. The molecule has 3 aromatic rings. The maximum absolute atomic E-state index is 12.8. The quantitative estimate of drug-likeness (QED) is 0.389. The van der Waals surface area contributed by atoms with E-state index in [0.29, 0.717) is 16.3 Å². The number of aryl methyl sites for hydroxylation is 1. The summed E-state index contributed by atoms with van der Waals surface area (Å²) in [4.78, 5) is 33.1. The molecule has 0 aliphatic rings. The molecular formula is C21H20N5O3S-. The summed E-state index contributed by atoms with van der Waals surface area (Å²) in [5.74, 6) is -1.72. The van der Waals surface area contributed by atoms with Crippen molar-refractivity contribution in [3.8, 4) is 10.4 Å². The molecule has 8 nitrogen and oxygen atoms in total. The minimum Gasteiger partial charge on any atom is -0.550 e. The summed E-state index contributed by atoms with van der Waals surface area (Å²) in [6.45, 7) is 1.83. The topological polar surface area (TPSA) is 147 Å². The van der Waals surface area contributed by atoms with Crippen LogP contribution in [0, 0.1) is 6.92 Å². The second-order valence-electron chi connectivity index (χ2n) is 6.54. The standard InChI is InChI=1S/C21H21N5O3S/c1-12-18(30-21(24-12)26-20(22)23)14-8-5-9-15(10-14)19(29)25-16(11-17(27)28)13-6-3-2-4-7-13/h2-10,16H,11H2,1H3,(H,25,29)(H,27,28)(H4,22,23,24,26)/p-1. The van der Waals surface area contributed by atoms with Crippen molar-refractivity contribution < 1.29 is 14.7 Å². The number of nitrogens with one attached hydrogen (secondary N) is 1. The van der Waals surface area contributed by atoms with E-state index in [1.165, 1.54) is 11.3 Å². The van der Waals surface area contributed by atoms with E-state index in [1.54, 1.807) is 42.5 Å². The van der Waals surface area contributed by atoms with Crippen LogP contribution in [-0.2, 0) is 4.79 Å². The number of carboxylic acids is 1. The van der Waals surface area contributed by atoms with Crippen molar-refractivity contribution in [1.29, 1.82) is 0 Å². The lowest BCUT2D eigenvalue weighted by atomic mass is 10.0. The van der Waals surface area contributed by atoms with Gasteiger partial charge in [-0.2, -0.15) is 4.99 Å². The van der Waals surface area contributed by atoms with Crippen LogP contribution in [0.3, 0.4) is 0 Å². The van der Waals surface area contributed by atoms with Gasteiger partial charge < -0.3 is 26.7 Å². The molecule has 0 fully saturated rings. The van der Waals surface area contributed by atoms with Gasteiger partial charge in [0.05, 0.1) is 16.6 Å². The Balaban J connectivity index is 1.86. The van der Waals surface area contributed by atoms with E-state index in [2.05, 4.69) is 15.3 Å². The molecule has 5 N–H and O–H groups in total. The molecule has 154 valence electrons. The zero-order chi connectivity index (χ0) is 21.7. The van der Waals surface area contributed by atoms with Gasteiger partial charge in [0.2, 0.25) is 5.13 Å². The molecule has 1 amide bonds. The lowest BCUT2D eigenvalue weighted by molar-refractivity contribution is -0.306. The number of carbonyl (C=O) groups excluding carboxylic acids is 2. The van der Waals surface area contributed by atoms with Crippen LogP contribution in [0.5, 0.6) is 0 Å². The minimum absolute atomic E-state index is 0.0803. The fraction of sp³-hybridized carbons (Fsp3) is 0.143. The number of amides is 1. The van der Waals surface area contributed by atoms with Gasteiger partial charge in [0.1, 0.15) is 0 Å². The number of nitrogens with zero attached hydrogens (tertiary/aromatic N) is 2. The fourth-order valence-corrected chi connectivity index (χ4v) is 3.91. The van der Waals surface area contributed by atoms with E-state index in [1.807, 2.05) is 19.1 Å². The van der Waals surface area contributed by atoms with Crippen molar-refractivity contribution >= 4 is 34.3 Å². The Morgan fingerprint density at radius 1 is 1.17 bits per heavy atom. The molecule has 1 atom stereocenters. The van der Waals surface area contributed by atoms with Gasteiger partial charge in [-0.3, -0.25) is 4.79 Å². The lowest BCUT2D eigenvalue weighted by Gasteiger charge is -2.20. The van der Waals surface area contributed by atoms with Gasteiger partial charge in [-0.25, -0.2) is 4.98 Å². The summed E-state index contributed by atoms with van der Waals surface area (Å²) >= 11 is 1.30. The number of hydrogen-bond donors (Lipinski definition) is 3. The minimum atomic E-state index is -1.24. The van der Waals surface area contributed by atoms with Gasteiger partial charge in [-0.1, -0.05) is 53.8 Å². The molecule has 1 unspecified atom stereocenters. The molecule has 2 aromatic carbocycles. The van der Waals surface area contributed by atoms with Crippen LogP contribution in [-0.4, -0.2) is 22.8 Å². The summed E-state index contributed by atoms with van der Waals surface area (Å²) < 4.78 is 0. The molecule has 3 rings (SSSR count). The Bertz CT molecular complexity index is 1090. The van der Waals surface area contributed by atoms with Crippen molar-refractivity contribution in [3.05, 3.63) is 71.4 Å². The molecule has 0 aliphatic carbocycles. The van der Waals surface area contributed by atoms with Crippen molar-refractivity contribution in [2.75, 3.05) is 0 Å². The van der Waals surface area contributed by atoms with Crippen LogP contribution in [0.15, 0.2) is 59.6 Å². The van der Waals surface area contributed by atoms with Crippen LogP contribution in [0.25, 0.3) is 10.4 Å². The van der Waals surface area contributed by atoms with Crippen LogP contribution < -0.4 is 21.9 Å². The van der Waals surface area contributed by atoms with Gasteiger partial charge in [-0.15, -0.1) is 0 Å². The Hall–Kier alpha value is -3.72. The molecule has 0 bridgehead atoms. The second kappa shape index (κ2) is 9.19. The molecule has 0 spiro atoms. The van der Waals surface area contributed by atoms with Crippen LogP contribution in [0.2, 0.25) is 0 Å². The highest BCUT2D eigenvalue weighted by molar-refractivity contribution is 7.18. The molecule has 0 radical (unpaired) electrons. The Labute approximate surface area is 177 Å². The van der Waals surface area contributed by atoms with Gasteiger partial charge in [0, 0.05) is 18.0 Å². The van der Waals surface area contributed by atoms with Crippen molar-refractivity contribution in [1.82, 2.24) is 10.3 Å². The maximum Gasteiger partial charge on any atom is 0.251 e. The van der Waals surface area contributed by atoms with Gasteiger partial charge >= 0.3 is 0 Å². The summed E-state index contributed by atoms with van der Waals surface area (Å²) in [6, 6.07) is 15.2. The normalized spacial score (nSPS) is 11.5. The molecule has 1 aromatic heterocycles. The number of thiazole rings is 1. The van der Waals surface area contributed by atoms with E-state index < -0.39 is 17.9 Å². The highest BCUT2D eigenvalue weighted by Crippen LogP contribution is 2.34. The first-order valence-corrected chi connectivity index (χ1v) is 9.88. The third-order valence-electron chi connectivity index (χ3n) is 4.28. The van der Waals surface area contributed by atoms with Crippen LogP contribution in [0.4, 0.5) is 5.13 Å². The van der Waals surface area contributed by atoms with E-state index in [9.17, 15) is 14.7 Å². The number of guanidine groups is 1. The summed E-state index contributed by atoms with van der Waals surface area (Å²) in [5.41, 5.74) is 13.4. The zero-order valence-corrected chi connectivity index (χ0v) is 17.0. The molecule has 1 heterocycles. The third kappa shape index (κ3) is 5.21. The molecule has 0 saturated heterocycles. The Morgan fingerprint density at radius 3 is 2.57 bits per heavy atom. The van der Waals surface area contributed by atoms with Crippen molar-refractivity contribution in [2.24, 2.45) is 16.5 Å². The number of aromatic nitrogens is 1. The number of nitrogens with two attached hydrogens (primary N) is 2. The highest BCUT2D eigenvalue weighted by atomic mass is 32.1. The van der Waals surface area contributed by atoms with E-state index in [-0.39, 0.29) is 12.4 Å². The predicted octanol–water partition coefficient (Wildman–Crippen LogP) is 1.63. The summed E-state index contributed by atoms with van der Waals surface area (Å²) in [6.07, 6.45) is -0.328. The monoisotopic (exact) mass is 422 g/mol. The largest absolute Gasteiger partial charge is 0.550 e. The Kier molecular flexibility index (Phi) is 6.43. The van der Waals surface area contributed by atoms with Crippen LogP contribution >= 0.6 is 11.3 Å². The maximum atomic E-state index is 12.8. The molecule has 0 saturated carbocycles. The average Bonchev–Trinajstić information content (AvgIpc) is 3.07. The molecule has 30 heavy (non-hydrogen) atoms. The number of carbonyl (C=O) groups is 2. The van der Waals surface area contributed by atoms with E-state index >= 15 is 0 Å². The summed E-state index contributed by atoms with van der Waals surface area (Å²) in [7, 11) is 0. The number of aliphatic imine (C=N–C) groups is 1. The number of aliphatic carboxylic acids is 1. The number of rotatable bonds is 7. The predicted molar refractivity (Wildman–Crippen MR) is 114 cm³/mol. The van der Waals surface area contributed by atoms with Crippen molar-refractivity contribution in [2.45, 2.75) is 19.4 Å². The molecule has 0 aliphatic heterocycles. The average molecular weight is 422 g/mol. The smallest absolute Gasteiger partial charge is 0.251 e. The second-order valence-corrected chi connectivity index (χ2v) is 7.52. The first-order chi connectivity index (χ1) is 14.3. The van der Waals surface area contributed by atoms with Gasteiger partial charge in [-0.05, 0) is 30.2 Å². The number of hydrogen-bond acceptors (Lipinski definition) is 6. The Morgan fingerprint density at radius 2 is 1.90 bits per heavy atom. The van der Waals surface area contributed by atoms with E-state index in [4.69, 9.17) is 11.5 Å². The zero-order valence-electron chi connectivity index (χ0n) is 16.2. The third-order valence-corrected chi connectivity index (χ3v) is 5.38. The summed E-state index contributed by atoms with van der Waals surface area (Å²) in [5, 5.41) is 14.4. The van der Waals surface area contributed by atoms with Crippen LogP contribution in [0.1, 0.15) is 34.1 Å². The molecule has 9 heteroatoms. The first kappa shape index (κ1) is 21.0. The molecular weight excluding hydrogens is 402 g/mol. The number of carboxylic acid groups (broad SMARTS) is 1. The first-order valence-electron chi connectivity index (χ1n) is 9.06. The van der Waals surface area contributed by atoms with Gasteiger partial charge in [0.15, 0.2) is 5.96 Å². The van der Waals surface area contributed by atoms with E-state index in [0.717, 1.165) is 16.1 Å². The SMILES string of the molecule is Cc1nc(N=C(N)N)sc1-c1cccc(C(=O)NC(CC(=O)[O-])c2ccccc2)c1.